The zero-order valence-electron chi connectivity index (χ0n) is 16.2. The summed E-state index contributed by atoms with van der Waals surface area (Å²) in [6, 6.07) is 8.33. The van der Waals surface area contributed by atoms with Crippen LogP contribution in [0.25, 0.3) is 0 Å². The van der Waals surface area contributed by atoms with Gasteiger partial charge in [0.15, 0.2) is 0 Å². The molecule has 0 bridgehead atoms. The molecule has 1 aromatic heterocycles. The van der Waals surface area contributed by atoms with Crippen LogP contribution in [0.2, 0.25) is 0 Å². The number of carbonyl (C=O) groups is 2. The van der Waals surface area contributed by atoms with Crippen molar-refractivity contribution in [2.45, 2.75) is 39.8 Å². The van der Waals surface area contributed by atoms with Crippen molar-refractivity contribution in [3.63, 3.8) is 0 Å². The lowest BCUT2D eigenvalue weighted by molar-refractivity contribution is -0.380. The highest BCUT2D eigenvalue weighted by Gasteiger charge is 2.22. The van der Waals surface area contributed by atoms with E-state index in [2.05, 4.69) is 5.32 Å². The van der Waals surface area contributed by atoms with Crippen LogP contribution in [0.5, 0.6) is 0 Å². The number of nitro groups is 1. The standard InChI is InChI=1S/C19H23N3O5S/c1-5-21(18(24)27-19(2,3)4)11-13-8-6-7-9-15(13)20-17(23)14-10-16(22(25)26)28-12-14/h6-10,12H,5,11H2,1-4H3,(H,20,23). The molecule has 0 radical (unpaired) electrons. The fraction of sp³-hybridized carbons (Fsp3) is 0.368. The maximum absolute atomic E-state index is 12.4. The minimum atomic E-state index is -0.605. The molecule has 8 nitrogen and oxygen atoms in total. The van der Waals surface area contributed by atoms with Crippen molar-refractivity contribution in [2.24, 2.45) is 0 Å². The van der Waals surface area contributed by atoms with Crippen LogP contribution in [0.1, 0.15) is 43.6 Å². The number of nitrogens with zero attached hydrogens (tertiary/aromatic N) is 2. The lowest BCUT2D eigenvalue weighted by Gasteiger charge is -2.27. The second kappa shape index (κ2) is 8.83. The number of carbonyl (C=O) groups excluding carboxylic acids is 2. The minimum Gasteiger partial charge on any atom is -0.444 e. The number of ether oxygens (including phenoxy) is 1. The first kappa shape index (κ1) is 21.4. The fourth-order valence-corrected chi connectivity index (χ4v) is 3.06. The predicted octanol–water partition coefficient (Wildman–Crippen LogP) is 4.67. The zero-order chi connectivity index (χ0) is 20.9. The van der Waals surface area contributed by atoms with Gasteiger partial charge in [-0.1, -0.05) is 29.5 Å². The van der Waals surface area contributed by atoms with Gasteiger partial charge in [-0.05, 0) is 39.3 Å². The van der Waals surface area contributed by atoms with Gasteiger partial charge in [-0.3, -0.25) is 14.9 Å². The monoisotopic (exact) mass is 405 g/mol. The van der Waals surface area contributed by atoms with Crippen LogP contribution in [-0.4, -0.2) is 34.0 Å². The molecule has 9 heteroatoms. The first-order valence-electron chi connectivity index (χ1n) is 8.71. The van der Waals surface area contributed by atoms with Crippen molar-refractivity contribution in [2.75, 3.05) is 11.9 Å². The van der Waals surface area contributed by atoms with Crippen molar-refractivity contribution >= 4 is 34.0 Å². The van der Waals surface area contributed by atoms with E-state index in [1.807, 2.05) is 13.0 Å². The number of anilines is 1. The summed E-state index contributed by atoms with van der Waals surface area (Å²) in [4.78, 5) is 36.6. The molecule has 2 rings (SSSR count). The van der Waals surface area contributed by atoms with E-state index in [1.54, 1.807) is 39.0 Å². The van der Waals surface area contributed by atoms with Gasteiger partial charge in [0.05, 0.1) is 17.0 Å². The average molecular weight is 405 g/mol. The second-order valence-electron chi connectivity index (χ2n) is 7.04. The minimum absolute atomic E-state index is 0.0967. The van der Waals surface area contributed by atoms with Gasteiger partial charge in [-0.2, -0.15) is 0 Å². The van der Waals surface area contributed by atoms with E-state index in [0.717, 1.165) is 16.9 Å². The Hall–Kier alpha value is -2.94. The highest BCUT2D eigenvalue weighted by Crippen LogP contribution is 2.25. The normalized spacial score (nSPS) is 11.0. The number of rotatable bonds is 6. The van der Waals surface area contributed by atoms with Crippen LogP contribution in [0, 0.1) is 10.1 Å². The summed E-state index contributed by atoms with van der Waals surface area (Å²) in [5, 5.41) is 14.9. The number of thiophene rings is 1. The van der Waals surface area contributed by atoms with Gasteiger partial charge >= 0.3 is 11.1 Å². The molecule has 0 fully saturated rings. The Morgan fingerprint density at radius 1 is 1.29 bits per heavy atom. The Kier molecular flexibility index (Phi) is 6.74. The summed E-state index contributed by atoms with van der Waals surface area (Å²) in [7, 11) is 0. The molecule has 0 saturated carbocycles. The third kappa shape index (κ3) is 5.78. The average Bonchev–Trinajstić information content (AvgIpc) is 3.10. The molecular weight excluding hydrogens is 382 g/mol. The van der Waals surface area contributed by atoms with E-state index in [-0.39, 0.29) is 17.1 Å². The van der Waals surface area contributed by atoms with Gasteiger partial charge in [-0.25, -0.2) is 4.79 Å². The van der Waals surface area contributed by atoms with E-state index in [9.17, 15) is 19.7 Å². The maximum atomic E-state index is 12.4. The molecule has 0 aliphatic rings. The van der Waals surface area contributed by atoms with Gasteiger partial charge in [0.25, 0.3) is 5.91 Å². The van der Waals surface area contributed by atoms with Crippen LogP contribution in [0.3, 0.4) is 0 Å². The van der Waals surface area contributed by atoms with E-state index in [4.69, 9.17) is 4.74 Å². The summed E-state index contributed by atoms with van der Waals surface area (Å²) < 4.78 is 5.42. The topological polar surface area (TPSA) is 102 Å². The molecule has 1 aromatic carbocycles. The Labute approximate surface area is 167 Å². The number of hydrogen-bond acceptors (Lipinski definition) is 6. The van der Waals surface area contributed by atoms with Crippen LogP contribution in [0.15, 0.2) is 35.7 Å². The molecule has 2 aromatic rings. The SMILES string of the molecule is CCN(Cc1ccccc1NC(=O)c1csc([N+](=O)[O-])c1)C(=O)OC(C)(C)C. The fourth-order valence-electron chi connectivity index (χ4n) is 2.35. The lowest BCUT2D eigenvalue weighted by Crippen LogP contribution is -2.36. The first-order chi connectivity index (χ1) is 13.1. The van der Waals surface area contributed by atoms with Crippen molar-refractivity contribution in [3.05, 3.63) is 57.0 Å². The Bertz CT molecular complexity index is 872. The molecule has 0 spiro atoms. The molecule has 1 N–H and O–H groups in total. The summed E-state index contributed by atoms with van der Waals surface area (Å²) >= 11 is 0.895. The largest absolute Gasteiger partial charge is 0.444 e. The quantitative estimate of drug-likeness (QED) is 0.556. The van der Waals surface area contributed by atoms with Gasteiger partial charge < -0.3 is 15.0 Å². The third-order valence-electron chi connectivity index (χ3n) is 3.69. The van der Waals surface area contributed by atoms with Gasteiger partial charge in [0.1, 0.15) is 5.60 Å². The third-order valence-corrected chi connectivity index (χ3v) is 4.57. The zero-order valence-corrected chi connectivity index (χ0v) is 17.0. The lowest BCUT2D eigenvalue weighted by atomic mass is 10.1. The molecule has 0 unspecified atom stereocenters. The van der Waals surface area contributed by atoms with Crippen LogP contribution >= 0.6 is 11.3 Å². The van der Waals surface area contributed by atoms with Gasteiger partial charge in [0, 0.05) is 23.7 Å². The Morgan fingerprint density at radius 2 is 1.96 bits per heavy atom. The molecular formula is C19H23N3O5S. The van der Waals surface area contributed by atoms with Crippen LogP contribution in [0.4, 0.5) is 15.5 Å². The molecule has 2 amide bonds. The van der Waals surface area contributed by atoms with Crippen molar-refractivity contribution in [3.8, 4) is 0 Å². The number of para-hydroxylation sites is 1. The van der Waals surface area contributed by atoms with E-state index in [1.165, 1.54) is 16.3 Å². The van der Waals surface area contributed by atoms with E-state index in [0.29, 0.717) is 12.2 Å². The number of amides is 2. The second-order valence-corrected chi connectivity index (χ2v) is 7.93. The highest BCUT2D eigenvalue weighted by molar-refractivity contribution is 7.13. The molecule has 150 valence electrons. The molecule has 1 heterocycles. The predicted molar refractivity (Wildman–Crippen MR) is 108 cm³/mol. The van der Waals surface area contributed by atoms with E-state index >= 15 is 0 Å². The molecule has 0 aliphatic carbocycles. The molecule has 0 saturated heterocycles. The first-order valence-corrected chi connectivity index (χ1v) is 9.58. The molecule has 0 atom stereocenters. The van der Waals surface area contributed by atoms with Crippen molar-refractivity contribution in [1.82, 2.24) is 4.90 Å². The van der Waals surface area contributed by atoms with E-state index < -0.39 is 22.5 Å². The summed E-state index contributed by atoms with van der Waals surface area (Å²) in [6.45, 7) is 7.93. The maximum Gasteiger partial charge on any atom is 0.410 e. The van der Waals surface area contributed by atoms with Crippen molar-refractivity contribution < 1.29 is 19.2 Å². The Balaban J connectivity index is 2.16. The molecule has 0 aliphatic heterocycles. The van der Waals surface area contributed by atoms with Crippen LogP contribution in [-0.2, 0) is 11.3 Å². The molecule has 28 heavy (non-hydrogen) atoms. The summed E-state index contributed by atoms with van der Waals surface area (Å²) in [5.74, 6) is -0.447. The van der Waals surface area contributed by atoms with Gasteiger partial charge in [-0.15, -0.1) is 0 Å². The number of nitrogens with one attached hydrogen (secondary N) is 1. The summed E-state index contributed by atoms with van der Waals surface area (Å²) in [5.41, 5.74) is 0.869. The van der Waals surface area contributed by atoms with Crippen LogP contribution < -0.4 is 5.32 Å². The van der Waals surface area contributed by atoms with Crippen molar-refractivity contribution in [1.29, 1.82) is 0 Å². The van der Waals surface area contributed by atoms with Gasteiger partial charge in [0.2, 0.25) is 0 Å². The number of benzene rings is 1. The Morgan fingerprint density at radius 3 is 2.54 bits per heavy atom. The highest BCUT2D eigenvalue weighted by atomic mass is 32.1. The number of hydrogen-bond donors (Lipinski definition) is 1. The summed E-state index contributed by atoms with van der Waals surface area (Å²) in [6.07, 6.45) is -0.440. The smallest absolute Gasteiger partial charge is 0.410 e.